The molecule has 0 amide bonds. The molecular formula is C14H28N4. The largest absolute Gasteiger partial charge is 0.367 e. The molecule has 0 saturated heterocycles. The molecule has 0 saturated carbocycles. The summed E-state index contributed by atoms with van der Waals surface area (Å²) >= 11 is 0. The number of rotatable bonds is 11. The first-order chi connectivity index (χ1) is 8.83. The molecule has 0 bridgehead atoms. The van der Waals surface area contributed by atoms with Crippen LogP contribution in [0, 0.1) is 0 Å². The smallest absolute Gasteiger partial charge is 0.239 e. The van der Waals surface area contributed by atoms with E-state index in [1.54, 1.807) is 6.33 Å². The third kappa shape index (κ3) is 7.30. The summed E-state index contributed by atoms with van der Waals surface area (Å²) in [5.74, 6) is 0.377. The van der Waals surface area contributed by atoms with Crippen molar-refractivity contribution in [1.82, 2.24) is 14.8 Å². The maximum absolute atomic E-state index is 5.46. The highest BCUT2D eigenvalue weighted by atomic mass is 15.3. The molecule has 0 aliphatic rings. The molecule has 0 aliphatic heterocycles. The van der Waals surface area contributed by atoms with Crippen molar-refractivity contribution in [2.24, 2.45) is 0 Å². The summed E-state index contributed by atoms with van der Waals surface area (Å²) in [5.41, 5.74) is 5.46. The highest BCUT2D eigenvalue weighted by Crippen LogP contribution is 2.10. The highest BCUT2D eigenvalue weighted by molar-refractivity contribution is 5.08. The Morgan fingerprint density at radius 2 is 1.50 bits per heavy atom. The number of hydrogen-bond donors (Lipinski definition) is 1. The van der Waals surface area contributed by atoms with Gasteiger partial charge in [0, 0.05) is 6.54 Å². The van der Waals surface area contributed by atoms with Crippen LogP contribution >= 0.6 is 0 Å². The van der Waals surface area contributed by atoms with Crippen LogP contribution in [-0.4, -0.2) is 14.8 Å². The molecule has 1 rings (SSSR count). The summed E-state index contributed by atoms with van der Waals surface area (Å²) < 4.78 is 1.83. The van der Waals surface area contributed by atoms with Crippen molar-refractivity contribution in [3.05, 3.63) is 6.33 Å². The van der Waals surface area contributed by atoms with E-state index in [0.29, 0.717) is 5.95 Å². The van der Waals surface area contributed by atoms with Gasteiger partial charge >= 0.3 is 0 Å². The predicted octanol–water partition coefficient (Wildman–Crippen LogP) is 3.78. The molecule has 0 aliphatic carbocycles. The standard InChI is InChI=1S/C14H28N4/c1-2-3-4-5-6-7-8-9-10-11-12-18-13-16-14(15)17-18/h13H,2-12H2,1H3,(H2,15,17). The third-order valence-corrected chi connectivity index (χ3v) is 3.29. The van der Waals surface area contributed by atoms with Gasteiger partial charge in [-0.3, -0.25) is 4.68 Å². The van der Waals surface area contributed by atoms with E-state index in [-0.39, 0.29) is 0 Å². The minimum absolute atomic E-state index is 0.377. The maximum Gasteiger partial charge on any atom is 0.239 e. The second kappa shape index (κ2) is 9.92. The van der Waals surface area contributed by atoms with Crippen molar-refractivity contribution in [3.63, 3.8) is 0 Å². The molecule has 0 fully saturated rings. The average molecular weight is 252 g/mol. The average Bonchev–Trinajstić information content (AvgIpc) is 2.77. The molecule has 0 spiro atoms. The Labute approximate surface area is 111 Å². The summed E-state index contributed by atoms with van der Waals surface area (Å²) in [5, 5.41) is 4.07. The van der Waals surface area contributed by atoms with Gasteiger partial charge in [0.25, 0.3) is 0 Å². The number of unbranched alkanes of at least 4 members (excludes halogenated alkanes) is 9. The van der Waals surface area contributed by atoms with Crippen LogP contribution in [0.3, 0.4) is 0 Å². The maximum atomic E-state index is 5.46. The van der Waals surface area contributed by atoms with Gasteiger partial charge in [-0.2, -0.15) is 0 Å². The van der Waals surface area contributed by atoms with Crippen molar-refractivity contribution in [2.45, 2.75) is 77.7 Å². The van der Waals surface area contributed by atoms with E-state index >= 15 is 0 Å². The van der Waals surface area contributed by atoms with Gasteiger partial charge in [-0.05, 0) is 6.42 Å². The quantitative estimate of drug-likeness (QED) is 0.610. The van der Waals surface area contributed by atoms with E-state index in [1.165, 1.54) is 64.2 Å². The Bertz CT molecular complexity index is 296. The third-order valence-electron chi connectivity index (χ3n) is 3.29. The molecule has 0 radical (unpaired) electrons. The van der Waals surface area contributed by atoms with Crippen LogP contribution in [-0.2, 0) is 6.54 Å². The zero-order valence-electron chi connectivity index (χ0n) is 11.8. The summed E-state index contributed by atoms with van der Waals surface area (Å²) in [4.78, 5) is 3.91. The molecule has 1 heterocycles. The fraction of sp³-hybridized carbons (Fsp3) is 0.857. The second-order valence-corrected chi connectivity index (χ2v) is 5.05. The Morgan fingerprint density at radius 3 is 2.00 bits per heavy atom. The number of aromatic nitrogens is 3. The number of nitrogen functional groups attached to an aromatic ring is 1. The van der Waals surface area contributed by atoms with E-state index in [0.717, 1.165) is 6.54 Å². The Hall–Kier alpha value is -1.06. The van der Waals surface area contributed by atoms with Crippen molar-refractivity contribution in [2.75, 3.05) is 5.73 Å². The van der Waals surface area contributed by atoms with Crippen LogP contribution in [0.25, 0.3) is 0 Å². The first kappa shape index (κ1) is 15.0. The molecule has 2 N–H and O–H groups in total. The fourth-order valence-electron chi connectivity index (χ4n) is 2.18. The van der Waals surface area contributed by atoms with Gasteiger partial charge in [0.2, 0.25) is 5.95 Å². The summed E-state index contributed by atoms with van der Waals surface area (Å²) in [6, 6.07) is 0. The van der Waals surface area contributed by atoms with Crippen molar-refractivity contribution >= 4 is 5.95 Å². The molecule has 4 nitrogen and oxygen atoms in total. The molecule has 4 heteroatoms. The number of anilines is 1. The molecule has 0 unspecified atom stereocenters. The van der Waals surface area contributed by atoms with Gasteiger partial charge in [-0.15, -0.1) is 5.10 Å². The van der Waals surface area contributed by atoms with Crippen molar-refractivity contribution in [3.8, 4) is 0 Å². The number of nitrogens with two attached hydrogens (primary N) is 1. The Balaban J connectivity index is 1.81. The molecule has 104 valence electrons. The van der Waals surface area contributed by atoms with Crippen LogP contribution in [0.15, 0.2) is 6.33 Å². The predicted molar refractivity (Wildman–Crippen MR) is 76.3 cm³/mol. The van der Waals surface area contributed by atoms with Crippen molar-refractivity contribution in [1.29, 1.82) is 0 Å². The summed E-state index contributed by atoms with van der Waals surface area (Å²) in [6.45, 7) is 3.21. The lowest BCUT2D eigenvalue weighted by Gasteiger charge is -2.02. The van der Waals surface area contributed by atoms with E-state index in [1.807, 2.05) is 4.68 Å². The monoisotopic (exact) mass is 252 g/mol. The van der Waals surface area contributed by atoms with Gasteiger partial charge in [0.1, 0.15) is 6.33 Å². The summed E-state index contributed by atoms with van der Waals surface area (Å²) in [6.07, 6.45) is 15.3. The summed E-state index contributed by atoms with van der Waals surface area (Å²) in [7, 11) is 0. The lowest BCUT2D eigenvalue weighted by Crippen LogP contribution is -1.99. The van der Waals surface area contributed by atoms with Crippen LogP contribution in [0.2, 0.25) is 0 Å². The van der Waals surface area contributed by atoms with Gasteiger partial charge < -0.3 is 5.73 Å². The minimum Gasteiger partial charge on any atom is -0.367 e. The Morgan fingerprint density at radius 1 is 0.944 bits per heavy atom. The molecule has 18 heavy (non-hydrogen) atoms. The number of hydrogen-bond acceptors (Lipinski definition) is 3. The minimum atomic E-state index is 0.377. The van der Waals surface area contributed by atoms with Crippen LogP contribution in [0.5, 0.6) is 0 Å². The topological polar surface area (TPSA) is 56.7 Å². The first-order valence-corrected chi connectivity index (χ1v) is 7.48. The second-order valence-electron chi connectivity index (χ2n) is 5.05. The number of nitrogens with zero attached hydrogens (tertiary/aromatic N) is 3. The van der Waals surface area contributed by atoms with Gasteiger partial charge in [-0.1, -0.05) is 64.7 Å². The molecule has 0 atom stereocenters. The lowest BCUT2D eigenvalue weighted by molar-refractivity contribution is 0.515. The van der Waals surface area contributed by atoms with Crippen LogP contribution in [0.1, 0.15) is 71.1 Å². The normalized spacial score (nSPS) is 10.9. The van der Waals surface area contributed by atoms with Crippen LogP contribution in [0.4, 0.5) is 5.95 Å². The van der Waals surface area contributed by atoms with Gasteiger partial charge in [-0.25, -0.2) is 4.98 Å². The van der Waals surface area contributed by atoms with E-state index < -0.39 is 0 Å². The SMILES string of the molecule is CCCCCCCCCCCCn1cnc(N)n1. The first-order valence-electron chi connectivity index (χ1n) is 7.48. The highest BCUT2D eigenvalue weighted by Gasteiger charge is 1.96. The number of aryl methyl sites for hydroxylation is 1. The zero-order valence-corrected chi connectivity index (χ0v) is 11.8. The van der Waals surface area contributed by atoms with E-state index in [9.17, 15) is 0 Å². The molecular weight excluding hydrogens is 224 g/mol. The van der Waals surface area contributed by atoms with Crippen molar-refractivity contribution < 1.29 is 0 Å². The lowest BCUT2D eigenvalue weighted by atomic mass is 10.1. The van der Waals surface area contributed by atoms with E-state index in [4.69, 9.17) is 5.73 Å². The van der Waals surface area contributed by atoms with Crippen LogP contribution < -0.4 is 5.73 Å². The van der Waals surface area contributed by atoms with E-state index in [2.05, 4.69) is 17.0 Å². The molecule has 1 aromatic heterocycles. The Kier molecular flexibility index (Phi) is 8.26. The zero-order chi connectivity index (χ0) is 13.1. The van der Waals surface area contributed by atoms with Gasteiger partial charge in [0.15, 0.2) is 0 Å². The van der Waals surface area contributed by atoms with Gasteiger partial charge in [0.05, 0.1) is 0 Å². The molecule has 1 aromatic rings. The molecule has 0 aromatic carbocycles. The fourth-order valence-corrected chi connectivity index (χ4v) is 2.18.